The van der Waals surface area contributed by atoms with Gasteiger partial charge in [0.05, 0.1) is 23.6 Å². The van der Waals surface area contributed by atoms with Gasteiger partial charge in [0, 0.05) is 51.5 Å². The van der Waals surface area contributed by atoms with Gasteiger partial charge >= 0.3 is 24.3 Å². The number of fused-ring (bicyclic) bond motifs is 2. The Kier molecular flexibility index (Phi) is 10.8. The minimum absolute atomic E-state index is 0.00719. The number of aliphatic carboxylic acids is 2. The van der Waals surface area contributed by atoms with Crippen molar-refractivity contribution in [2.75, 3.05) is 26.2 Å². The Morgan fingerprint density at radius 1 is 0.909 bits per heavy atom. The molecule has 1 spiro atoms. The number of carbonyl (C=O) groups is 2. The number of carboxylic acids is 2. The van der Waals surface area contributed by atoms with Crippen LogP contribution in [0.5, 0.6) is 0 Å². The smallest absolute Gasteiger partial charge is 0.475 e. The zero-order valence-corrected chi connectivity index (χ0v) is 23.7. The van der Waals surface area contributed by atoms with Crippen LogP contribution in [0.15, 0.2) is 42.9 Å². The van der Waals surface area contributed by atoms with Gasteiger partial charge in [-0.3, -0.25) is 14.5 Å². The topological polar surface area (TPSA) is 117 Å². The number of likely N-dealkylation sites (N-methyl/N-ethyl adjacent to an activating group) is 1. The number of piperidine rings is 1. The first-order chi connectivity index (χ1) is 20.5. The number of hydrogen-bond acceptors (Lipinski definition) is 6. The van der Waals surface area contributed by atoms with Crippen molar-refractivity contribution in [2.24, 2.45) is 7.05 Å². The molecular formula is C27H31F7N6O4. The molecule has 44 heavy (non-hydrogen) atoms. The fourth-order valence-corrected chi connectivity index (χ4v) is 5.26. The molecule has 0 amide bonds. The van der Waals surface area contributed by atoms with Gasteiger partial charge in [-0.05, 0) is 37.1 Å². The van der Waals surface area contributed by atoms with Crippen molar-refractivity contribution >= 4 is 11.9 Å². The molecule has 0 aliphatic carbocycles. The molecule has 1 aromatic carbocycles. The Morgan fingerprint density at radius 3 is 1.91 bits per heavy atom. The van der Waals surface area contributed by atoms with Crippen molar-refractivity contribution in [1.82, 2.24) is 29.1 Å². The molecule has 0 unspecified atom stereocenters. The third-order valence-electron chi connectivity index (χ3n) is 7.34. The molecular weight excluding hydrogens is 605 g/mol. The first-order valence-electron chi connectivity index (χ1n) is 13.3. The van der Waals surface area contributed by atoms with Crippen LogP contribution in [0, 0.1) is 5.82 Å². The number of carboxylic acid groups (broad SMARTS) is 2. The number of hydrogen-bond donors (Lipinski definition) is 2. The van der Waals surface area contributed by atoms with Gasteiger partial charge in [0.2, 0.25) is 0 Å². The predicted octanol–water partition coefficient (Wildman–Crippen LogP) is 4.52. The second kappa shape index (κ2) is 13.8. The summed E-state index contributed by atoms with van der Waals surface area (Å²) in [7, 11) is 1.95. The van der Waals surface area contributed by atoms with Gasteiger partial charge in [-0.25, -0.2) is 19.0 Å². The number of likely N-dealkylation sites (tertiary alicyclic amines) is 1. The van der Waals surface area contributed by atoms with E-state index in [4.69, 9.17) is 24.8 Å². The molecule has 4 heterocycles. The van der Waals surface area contributed by atoms with Gasteiger partial charge in [0.15, 0.2) is 0 Å². The normalized spacial score (nSPS) is 16.8. The fourth-order valence-electron chi connectivity index (χ4n) is 5.26. The van der Waals surface area contributed by atoms with Gasteiger partial charge in [-0.2, -0.15) is 31.4 Å². The molecule has 5 rings (SSSR count). The van der Waals surface area contributed by atoms with Crippen molar-refractivity contribution < 1.29 is 50.5 Å². The molecule has 0 atom stereocenters. The molecule has 2 aromatic heterocycles. The lowest BCUT2D eigenvalue weighted by Crippen LogP contribution is -2.57. The highest BCUT2D eigenvalue weighted by Gasteiger charge is 2.46. The van der Waals surface area contributed by atoms with E-state index < -0.39 is 24.3 Å². The van der Waals surface area contributed by atoms with E-state index in [9.17, 15) is 30.7 Å². The second-order valence-corrected chi connectivity index (χ2v) is 10.1. The lowest BCUT2D eigenvalue weighted by Gasteiger charge is -2.50. The quantitative estimate of drug-likeness (QED) is 0.402. The van der Waals surface area contributed by atoms with Crippen molar-refractivity contribution in [3.63, 3.8) is 0 Å². The molecule has 242 valence electrons. The number of rotatable bonds is 4. The SMILES string of the molecule is CCN1CCn2c(-c3cnn(C)c3)cnc2C12CCN(Cc1ccc(F)cc1)CC2.O=C(O)C(F)(F)F.O=C(O)C(F)(F)F. The average Bonchev–Trinajstić information content (AvgIpc) is 3.58. The lowest BCUT2D eigenvalue weighted by molar-refractivity contribution is -0.193. The maximum atomic E-state index is 13.2. The number of halogens is 7. The Bertz CT molecular complexity index is 1390. The van der Waals surface area contributed by atoms with Crippen molar-refractivity contribution in [3.05, 3.63) is 60.1 Å². The summed E-state index contributed by atoms with van der Waals surface area (Å²) >= 11 is 0. The Labute approximate surface area is 247 Å². The van der Waals surface area contributed by atoms with Gasteiger partial charge in [-0.15, -0.1) is 0 Å². The van der Waals surface area contributed by atoms with Gasteiger partial charge in [0.25, 0.3) is 0 Å². The van der Waals surface area contributed by atoms with E-state index in [0.29, 0.717) is 0 Å². The van der Waals surface area contributed by atoms with Crippen LogP contribution in [0.3, 0.4) is 0 Å². The van der Waals surface area contributed by atoms with Crippen molar-refractivity contribution in [1.29, 1.82) is 0 Å². The lowest BCUT2D eigenvalue weighted by atomic mass is 9.83. The van der Waals surface area contributed by atoms with Crippen LogP contribution in [0.1, 0.15) is 31.2 Å². The summed E-state index contributed by atoms with van der Waals surface area (Å²) in [6, 6.07) is 6.89. The Balaban J connectivity index is 0.000000317. The second-order valence-electron chi connectivity index (χ2n) is 10.1. The van der Waals surface area contributed by atoms with E-state index in [1.807, 2.05) is 36.3 Å². The third-order valence-corrected chi connectivity index (χ3v) is 7.34. The minimum atomic E-state index is -5.08. The van der Waals surface area contributed by atoms with Crippen LogP contribution in [0.2, 0.25) is 0 Å². The molecule has 17 heteroatoms. The number of nitrogens with zero attached hydrogens (tertiary/aromatic N) is 6. The van der Waals surface area contributed by atoms with Gasteiger partial charge in [-0.1, -0.05) is 19.1 Å². The summed E-state index contributed by atoms with van der Waals surface area (Å²) in [4.78, 5) is 27.9. The number of benzene rings is 1. The highest BCUT2D eigenvalue weighted by molar-refractivity contribution is 5.73. The maximum Gasteiger partial charge on any atom is 0.490 e. The molecule has 0 saturated carbocycles. The van der Waals surface area contributed by atoms with Crippen LogP contribution < -0.4 is 0 Å². The summed E-state index contributed by atoms with van der Waals surface area (Å²) < 4.78 is 81.0. The zero-order chi connectivity index (χ0) is 32.9. The molecule has 0 radical (unpaired) electrons. The van der Waals surface area contributed by atoms with Gasteiger partial charge < -0.3 is 14.8 Å². The number of aromatic nitrogens is 4. The Hall–Kier alpha value is -3.99. The molecule has 10 nitrogen and oxygen atoms in total. The minimum Gasteiger partial charge on any atom is -0.475 e. The van der Waals surface area contributed by atoms with Crippen molar-refractivity contribution in [2.45, 2.75) is 50.7 Å². The molecule has 2 N–H and O–H groups in total. The highest BCUT2D eigenvalue weighted by atomic mass is 19.4. The Morgan fingerprint density at radius 2 is 1.45 bits per heavy atom. The van der Waals surface area contributed by atoms with Gasteiger partial charge in [0.1, 0.15) is 11.6 Å². The average molecular weight is 637 g/mol. The van der Waals surface area contributed by atoms with E-state index in [2.05, 4.69) is 32.6 Å². The van der Waals surface area contributed by atoms with Crippen molar-refractivity contribution in [3.8, 4) is 11.3 Å². The molecule has 2 aliphatic rings. The van der Waals surface area contributed by atoms with Crippen LogP contribution in [-0.4, -0.2) is 89.8 Å². The summed E-state index contributed by atoms with van der Waals surface area (Å²) in [6.07, 6.45) is -2.03. The number of aryl methyl sites for hydroxylation is 1. The number of alkyl halides is 6. The molecule has 2 aliphatic heterocycles. The van der Waals surface area contributed by atoms with E-state index in [-0.39, 0.29) is 11.4 Å². The van der Waals surface area contributed by atoms with Crippen LogP contribution in [0.4, 0.5) is 30.7 Å². The highest BCUT2D eigenvalue weighted by Crippen LogP contribution is 2.42. The largest absolute Gasteiger partial charge is 0.490 e. The fraction of sp³-hybridized carbons (Fsp3) is 0.481. The first kappa shape index (κ1) is 34.5. The summed E-state index contributed by atoms with van der Waals surface area (Å²) in [5.41, 5.74) is 3.46. The molecule has 1 saturated heterocycles. The molecule has 3 aromatic rings. The van der Waals surface area contributed by atoms with E-state index in [0.717, 1.165) is 57.7 Å². The zero-order valence-electron chi connectivity index (χ0n) is 23.7. The maximum absolute atomic E-state index is 13.2. The summed E-state index contributed by atoms with van der Waals surface area (Å²) in [6.45, 7) is 8.21. The number of imidazole rings is 1. The first-order valence-corrected chi connectivity index (χ1v) is 13.3. The molecule has 0 bridgehead atoms. The monoisotopic (exact) mass is 636 g/mol. The van der Waals surface area contributed by atoms with Crippen LogP contribution in [0.25, 0.3) is 11.3 Å². The van der Waals surface area contributed by atoms with Crippen LogP contribution in [-0.2, 0) is 35.3 Å². The third kappa shape index (κ3) is 8.34. The van der Waals surface area contributed by atoms with Crippen LogP contribution >= 0.6 is 0 Å². The van der Waals surface area contributed by atoms with E-state index in [1.165, 1.54) is 17.1 Å². The standard InChI is InChI=1S/C23H29FN6.2C2HF3O2/c1-3-29-12-13-30-21(19-14-26-27(2)17-19)15-25-22(30)23(29)8-10-28(11-9-23)16-18-4-6-20(24)7-5-18;2*3-2(4,5)1(6)7/h4-7,14-15,17H,3,8-13,16H2,1-2H3;2*(H,6,7). The predicted molar refractivity (Wildman–Crippen MR) is 142 cm³/mol. The molecule has 1 fully saturated rings. The summed E-state index contributed by atoms with van der Waals surface area (Å²) in [5, 5.41) is 18.6. The van der Waals surface area contributed by atoms with E-state index >= 15 is 0 Å². The van der Waals surface area contributed by atoms with E-state index in [1.54, 1.807) is 12.1 Å². The summed E-state index contributed by atoms with van der Waals surface area (Å²) in [5.74, 6) is -4.48.